The third kappa shape index (κ3) is 50.0. The molecule has 0 bridgehead atoms. The monoisotopic (exact) mass is 1460 g/mol. The van der Waals surface area contributed by atoms with Crippen LogP contribution in [0.3, 0.4) is 0 Å². The van der Waals surface area contributed by atoms with Crippen LogP contribution < -0.4 is 35.7 Å². The third-order valence-electron chi connectivity index (χ3n) is 2.51. The van der Waals surface area contributed by atoms with Gasteiger partial charge in [0.05, 0.1) is 11.9 Å². The van der Waals surface area contributed by atoms with Gasteiger partial charge in [-0.15, -0.1) is 0 Å². The predicted molar refractivity (Wildman–Crippen MR) is 79.0 cm³/mol. The van der Waals surface area contributed by atoms with Crippen molar-refractivity contribution in [2.45, 2.75) is 43.8 Å². The topological polar surface area (TPSA) is 424 Å². The molecule has 0 saturated heterocycles. The molecule has 0 aliphatic heterocycles. The molecule has 2 radical (unpaired) electrons. The summed E-state index contributed by atoms with van der Waals surface area (Å²) in [6.07, 6.45) is -5.43. The molecule has 0 aromatic rings. The maximum Gasteiger partial charge on any atom is 2.00 e. The third-order valence-corrected chi connectivity index (χ3v) is 2.51. The minimum Gasteiger partial charge on any atom is 2.00 e. The Morgan fingerprint density at radius 2 is 0.675 bits per heavy atom. The van der Waals surface area contributed by atoms with E-state index in [2.05, 4.69) is 0 Å². The van der Waals surface area contributed by atoms with Crippen LogP contribution in [-0.2, 0) is 47.0 Å². The van der Waals surface area contributed by atoms with Gasteiger partial charge < -0.3 is 79.5 Å². The molecule has 0 heterocycles. The van der Waals surface area contributed by atoms with Crippen LogP contribution in [0.4, 0.5) is 0 Å². The molecule has 0 aliphatic rings. The SMILES string of the molecule is CC(=O)[O-].O=C([O-])CC(O)(CC(=O)[O-])C(=O)[O-].O=C([O-])CC(O)(CC(=O)[O-])C(=O)[O-].[O]=[U+2]=[O].[O]=[U+2]=[O].[O]=[U-2]=[O].[Pb+2]. The summed E-state index contributed by atoms with van der Waals surface area (Å²) in [6.45, 7) is 0.972. The Bertz CT molecular complexity index is 828. The largest absolute Gasteiger partial charge is 2.00 e. The Morgan fingerprint density at radius 3 is 0.725 bits per heavy atom. The van der Waals surface area contributed by atoms with Crippen LogP contribution in [0.1, 0.15) is 32.6 Å². The van der Waals surface area contributed by atoms with E-state index in [1.807, 2.05) is 0 Å². The standard InChI is InChI=1S/2C6H8O7.C2H4O2.6O.Pb.3U/c2*7-3(8)1-6(13,5(11)12)2-4(9)10;1-2(3)4;;;;;;;;;;/h2*13H,1-2H2,(H,7,8)(H,9,10)(H,11,12);1H3,(H,3,4);;;;;;;;;;/q;;;;;;;;;+2;-2;2*+2/p-7. The summed E-state index contributed by atoms with van der Waals surface area (Å²) < 4.78 is 51.5. The van der Waals surface area contributed by atoms with Crippen LogP contribution >= 0.6 is 0 Å². The molecule has 220 valence electrons. The van der Waals surface area contributed by atoms with Crippen molar-refractivity contribution in [3.05, 3.63) is 0 Å². The molecule has 0 rings (SSSR count). The Hall–Kier alpha value is -0.912. The molecule has 26 heteroatoms. The normalized spacial score (nSPS) is 8.28. The van der Waals surface area contributed by atoms with Gasteiger partial charge in [-0.05, 0) is 6.92 Å². The van der Waals surface area contributed by atoms with Gasteiger partial charge in [0.15, 0.2) is 0 Å². The van der Waals surface area contributed by atoms with Crippen molar-refractivity contribution in [2.24, 2.45) is 0 Å². The molecule has 0 fully saturated rings. The molecule has 0 aliphatic carbocycles. The quantitative estimate of drug-likeness (QED) is 0.192. The number of carboxylic acids is 7. The Labute approximate surface area is 285 Å². The molecule has 0 spiro atoms. The smallest absolute Gasteiger partial charge is 2.00 e. The number of carboxylic acid groups (broad SMARTS) is 7. The number of rotatable bonds is 10. The molecular formula is C14H13O22PbU3-3. The zero-order valence-electron chi connectivity index (χ0n) is 19.4. The van der Waals surface area contributed by atoms with Crippen LogP contribution in [0.2, 0.25) is 0 Å². The van der Waals surface area contributed by atoms with E-state index < -0.39 is 162 Å². The van der Waals surface area contributed by atoms with Crippen molar-refractivity contribution in [3.8, 4) is 0 Å². The zero-order chi connectivity index (χ0) is 33.0. The van der Waals surface area contributed by atoms with Gasteiger partial charge in [-0.1, -0.05) is 0 Å². The summed E-state index contributed by atoms with van der Waals surface area (Å²) >= 11 is -7.52. The fourth-order valence-electron chi connectivity index (χ4n) is 1.37. The summed E-state index contributed by atoms with van der Waals surface area (Å²) in [5, 5.41) is 86.7. The first-order valence-corrected chi connectivity index (χ1v) is 18.6. The van der Waals surface area contributed by atoms with Crippen molar-refractivity contribution in [1.29, 1.82) is 0 Å². The number of hydrogen-bond donors (Lipinski definition) is 2. The number of hydrogen-bond acceptors (Lipinski definition) is 22. The van der Waals surface area contributed by atoms with Crippen LogP contribution in [0.25, 0.3) is 0 Å². The first-order chi connectivity index (χ1) is 17.5. The molecule has 0 unspecified atom stereocenters. The van der Waals surface area contributed by atoms with Crippen LogP contribution in [0, 0.1) is 83.5 Å². The van der Waals surface area contributed by atoms with Gasteiger partial charge in [0.25, 0.3) is 0 Å². The molecular weight excluding hydrogens is 1440 g/mol. The predicted octanol–water partition coefficient (Wildman–Crippen LogP) is -12.8. The second kappa shape index (κ2) is 34.3. The van der Waals surface area contributed by atoms with Crippen molar-refractivity contribution in [1.82, 2.24) is 0 Å². The first kappa shape index (κ1) is 55.1. The van der Waals surface area contributed by atoms with E-state index in [-0.39, 0.29) is 27.3 Å². The van der Waals surface area contributed by atoms with Crippen molar-refractivity contribution >= 4 is 69.1 Å². The average Bonchev–Trinajstić information content (AvgIpc) is 2.67. The summed E-state index contributed by atoms with van der Waals surface area (Å²) in [7, 11) is 0. The first-order valence-electron chi connectivity index (χ1n) is 8.36. The average molecular weight is 1450 g/mol. The fourth-order valence-corrected chi connectivity index (χ4v) is 1.37. The summed E-state index contributed by atoms with van der Waals surface area (Å²) in [4.78, 5) is 68.9. The Kier molecular flexibility index (Phi) is 47.2. The van der Waals surface area contributed by atoms with Crippen LogP contribution in [0.15, 0.2) is 0 Å². The van der Waals surface area contributed by atoms with E-state index in [1.165, 1.54) is 0 Å². The zero-order valence-corrected chi connectivity index (χ0v) is 35.8. The molecule has 40 heavy (non-hydrogen) atoms. The molecule has 0 aromatic carbocycles. The van der Waals surface area contributed by atoms with E-state index in [1.54, 1.807) is 0 Å². The summed E-state index contributed by atoms with van der Waals surface area (Å²) in [5.41, 5.74) is -5.95. The van der Waals surface area contributed by atoms with E-state index in [0.717, 1.165) is 6.92 Å². The Balaban J connectivity index is -0.0000000749. The second-order valence-corrected chi connectivity index (χ2v) is 7.66. The number of carbonyl (C=O) groups excluding carboxylic acids is 7. The number of aliphatic hydroxyl groups is 2. The van der Waals surface area contributed by atoms with Gasteiger partial charge in [-0.25, -0.2) is 0 Å². The number of carbonyl (C=O) groups is 7. The summed E-state index contributed by atoms with van der Waals surface area (Å²) in [5.74, 6) is -13.1. The van der Waals surface area contributed by atoms with Crippen LogP contribution in [0.5, 0.6) is 0 Å². The van der Waals surface area contributed by atoms with E-state index >= 15 is 0 Å². The molecule has 0 aromatic heterocycles. The molecule has 0 amide bonds. The maximum atomic E-state index is 10.1. The second-order valence-electron chi connectivity index (χ2n) is 5.57. The van der Waals surface area contributed by atoms with E-state index in [9.17, 15) is 59.4 Å². The van der Waals surface area contributed by atoms with Crippen molar-refractivity contribution in [3.63, 3.8) is 0 Å². The van der Waals surface area contributed by atoms with Gasteiger partial charge in [-0.2, -0.15) is 0 Å². The molecule has 22 nitrogen and oxygen atoms in total. The van der Waals surface area contributed by atoms with Gasteiger partial charge in [0.1, 0.15) is 11.2 Å². The Morgan fingerprint density at radius 1 is 0.575 bits per heavy atom. The molecule has 0 atom stereocenters. The fraction of sp³-hybridized carbons (Fsp3) is 0.500. The van der Waals surface area contributed by atoms with Crippen molar-refractivity contribution in [2.75, 3.05) is 0 Å². The van der Waals surface area contributed by atoms with E-state index in [4.69, 9.17) is 33.5 Å². The minimum absolute atomic E-state index is 0. The van der Waals surface area contributed by atoms with Crippen LogP contribution in [-0.4, -0.2) is 90.5 Å². The minimum atomic E-state index is -2.97. The van der Waals surface area contributed by atoms with Gasteiger partial charge in [0, 0.05) is 55.5 Å². The van der Waals surface area contributed by atoms with E-state index in [0.29, 0.717) is 0 Å². The van der Waals surface area contributed by atoms with Crippen molar-refractivity contribution < 1.29 is 176 Å². The van der Waals surface area contributed by atoms with Gasteiger partial charge in [-0.3, -0.25) is 0 Å². The molecule has 2 N–H and O–H groups in total. The van der Waals surface area contributed by atoms with Gasteiger partial charge in [0.2, 0.25) is 0 Å². The molecule has 0 saturated carbocycles. The maximum absolute atomic E-state index is 10.1. The summed E-state index contributed by atoms with van der Waals surface area (Å²) in [6, 6.07) is 0. The van der Waals surface area contributed by atoms with Gasteiger partial charge >= 0.3 is 124 Å². The number of aliphatic carboxylic acids is 7.